The molecule has 0 aliphatic heterocycles. The maximum absolute atomic E-state index is 9.48. The van der Waals surface area contributed by atoms with Crippen molar-refractivity contribution in [2.24, 2.45) is 0 Å². The number of pyridine rings is 1. The van der Waals surface area contributed by atoms with Gasteiger partial charge in [0.25, 0.3) is 0 Å². The second kappa shape index (κ2) is 4.27. The number of aliphatic hydroxyl groups excluding tert-OH is 1. The molecule has 0 saturated heterocycles. The monoisotopic (exact) mass is 238 g/mol. The van der Waals surface area contributed by atoms with Gasteiger partial charge in [-0.25, -0.2) is 4.98 Å². The average Bonchev–Trinajstić information content (AvgIpc) is 2.80. The highest BCUT2D eigenvalue weighted by Gasteiger charge is 2.11. The molecule has 2 aromatic heterocycles. The Morgan fingerprint density at radius 3 is 2.67 bits per heavy atom. The molecule has 0 atom stereocenters. The molecule has 1 N–H and O–H groups in total. The van der Waals surface area contributed by atoms with E-state index in [0.717, 1.165) is 27.8 Å². The van der Waals surface area contributed by atoms with Gasteiger partial charge in [-0.2, -0.15) is 0 Å². The smallest absolute Gasteiger partial charge is 0.145 e. The standard InChI is InChI=1S/C15H14N2O/c1-11-7-8-16-15-14(11)12(10-18)9-17(15)13-5-3-2-4-6-13/h2-9,18H,10H2,1H3. The normalized spacial score (nSPS) is 11.0. The third-order valence-corrected chi connectivity index (χ3v) is 3.18. The molecule has 0 aliphatic carbocycles. The van der Waals surface area contributed by atoms with E-state index in [2.05, 4.69) is 4.98 Å². The third-order valence-electron chi connectivity index (χ3n) is 3.18. The molecular weight excluding hydrogens is 224 g/mol. The molecule has 0 spiro atoms. The summed E-state index contributed by atoms with van der Waals surface area (Å²) in [6.07, 6.45) is 3.76. The van der Waals surface area contributed by atoms with E-state index in [1.807, 2.05) is 54.1 Å². The Labute approximate surface area is 105 Å². The zero-order valence-corrected chi connectivity index (χ0v) is 10.2. The van der Waals surface area contributed by atoms with Crippen LogP contribution in [-0.2, 0) is 6.61 Å². The summed E-state index contributed by atoms with van der Waals surface area (Å²) in [6.45, 7) is 2.07. The van der Waals surface area contributed by atoms with Crippen molar-refractivity contribution in [2.75, 3.05) is 0 Å². The van der Waals surface area contributed by atoms with Crippen LogP contribution in [-0.4, -0.2) is 14.7 Å². The molecule has 18 heavy (non-hydrogen) atoms. The summed E-state index contributed by atoms with van der Waals surface area (Å²) in [6, 6.07) is 12.0. The lowest BCUT2D eigenvalue weighted by molar-refractivity contribution is 0.283. The fourth-order valence-corrected chi connectivity index (χ4v) is 2.31. The summed E-state index contributed by atoms with van der Waals surface area (Å²) in [5.41, 5.74) is 4.00. The lowest BCUT2D eigenvalue weighted by Crippen LogP contribution is -1.93. The summed E-state index contributed by atoms with van der Waals surface area (Å²) in [5, 5.41) is 10.5. The highest BCUT2D eigenvalue weighted by molar-refractivity contribution is 5.85. The van der Waals surface area contributed by atoms with Crippen LogP contribution in [0.3, 0.4) is 0 Å². The van der Waals surface area contributed by atoms with Gasteiger partial charge in [-0.3, -0.25) is 0 Å². The second-order valence-electron chi connectivity index (χ2n) is 4.34. The predicted molar refractivity (Wildman–Crippen MR) is 71.7 cm³/mol. The first-order valence-corrected chi connectivity index (χ1v) is 5.93. The van der Waals surface area contributed by atoms with Crippen LogP contribution in [0.5, 0.6) is 0 Å². The van der Waals surface area contributed by atoms with Crippen LogP contribution in [0, 0.1) is 6.92 Å². The molecular formula is C15H14N2O. The number of nitrogens with zero attached hydrogens (tertiary/aromatic N) is 2. The van der Waals surface area contributed by atoms with Crippen LogP contribution < -0.4 is 0 Å². The molecule has 0 aliphatic rings. The Bertz CT molecular complexity index is 686. The van der Waals surface area contributed by atoms with Crippen LogP contribution in [0.1, 0.15) is 11.1 Å². The Morgan fingerprint density at radius 1 is 1.17 bits per heavy atom. The van der Waals surface area contributed by atoms with Crippen molar-refractivity contribution in [3.05, 3.63) is 59.9 Å². The first-order valence-electron chi connectivity index (χ1n) is 5.93. The number of hydrogen-bond donors (Lipinski definition) is 1. The molecule has 1 aromatic carbocycles. The largest absolute Gasteiger partial charge is 0.392 e. The zero-order valence-electron chi connectivity index (χ0n) is 10.2. The Balaban J connectivity index is 2.35. The van der Waals surface area contributed by atoms with Gasteiger partial charge in [-0.05, 0) is 30.7 Å². The van der Waals surface area contributed by atoms with Gasteiger partial charge in [0, 0.05) is 29.0 Å². The minimum absolute atomic E-state index is 0.0306. The van der Waals surface area contributed by atoms with E-state index in [1.165, 1.54) is 0 Å². The number of benzene rings is 1. The fraction of sp³-hybridized carbons (Fsp3) is 0.133. The SMILES string of the molecule is Cc1ccnc2c1c(CO)cn2-c1ccccc1. The van der Waals surface area contributed by atoms with E-state index < -0.39 is 0 Å². The summed E-state index contributed by atoms with van der Waals surface area (Å²) in [4.78, 5) is 4.44. The average molecular weight is 238 g/mol. The summed E-state index contributed by atoms with van der Waals surface area (Å²) >= 11 is 0. The molecule has 3 aromatic rings. The van der Waals surface area contributed by atoms with Gasteiger partial charge in [0.15, 0.2) is 0 Å². The maximum Gasteiger partial charge on any atom is 0.145 e. The van der Waals surface area contributed by atoms with Crippen molar-refractivity contribution >= 4 is 11.0 Å². The number of aromatic nitrogens is 2. The van der Waals surface area contributed by atoms with E-state index in [9.17, 15) is 5.11 Å². The number of aryl methyl sites for hydroxylation is 1. The number of para-hydroxylation sites is 1. The lowest BCUT2D eigenvalue weighted by atomic mass is 10.1. The number of aliphatic hydroxyl groups is 1. The van der Waals surface area contributed by atoms with Gasteiger partial charge >= 0.3 is 0 Å². The van der Waals surface area contributed by atoms with Gasteiger partial charge in [-0.15, -0.1) is 0 Å². The van der Waals surface area contributed by atoms with Crippen LogP contribution in [0.25, 0.3) is 16.7 Å². The quantitative estimate of drug-likeness (QED) is 0.745. The highest BCUT2D eigenvalue weighted by atomic mass is 16.3. The zero-order chi connectivity index (χ0) is 12.5. The molecule has 0 radical (unpaired) electrons. The summed E-state index contributed by atoms with van der Waals surface area (Å²) in [7, 11) is 0. The van der Waals surface area contributed by atoms with Crippen molar-refractivity contribution < 1.29 is 5.11 Å². The molecule has 0 unspecified atom stereocenters. The first kappa shape index (κ1) is 11.0. The van der Waals surface area contributed by atoms with E-state index in [4.69, 9.17) is 0 Å². The van der Waals surface area contributed by atoms with Crippen molar-refractivity contribution in [1.29, 1.82) is 0 Å². The van der Waals surface area contributed by atoms with E-state index in [-0.39, 0.29) is 6.61 Å². The van der Waals surface area contributed by atoms with Crippen LogP contribution >= 0.6 is 0 Å². The van der Waals surface area contributed by atoms with Crippen molar-refractivity contribution in [2.45, 2.75) is 13.5 Å². The maximum atomic E-state index is 9.48. The first-order chi connectivity index (χ1) is 8.81. The van der Waals surface area contributed by atoms with Gasteiger partial charge in [0.05, 0.1) is 6.61 Å². The highest BCUT2D eigenvalue weighted by Crippen LogP contribution is 2.25. The van der Waals surface area contributed by atoms with Crippen LogP contribution in [0.15, 0.2) is 48.8 Å². The molecule has 0 saturated carbocycles. The minimum Gasteiger partial charge on any atom is -0.392 e. The fourth-order valence-electron chi connectivity index (χ4n) is 2.31. The molecule has 3 nitrogen and oxygen atoms in total. The van der Waals surface area contributed by atoms with Gasteiger partial charge in [-0.1, -0.05) is 18.2 Å². The van der Waals surface area contributed by atoms with Crippen LogP contribution in [0.2, 0.25) is 0 Å². The molecule has 3 heteroatoms. The Kier molecular flexibility index (Phi) is 2.61. The van der Waals surface area contributed by atoms with Crippen molar-refractivity contribution in [3.63, 3.8) is 0 Å². The lowest BCUT2D eigenvalue weighted by Gasteiger charge is -2.04. The molecule has 0 amide bonds. The Morgan fingerprint density at radius 2 is 1.94 bits per heavy atom. The molecule has 3 rings (SSSR count). The summed E-state index contributed by atoms with van der Waals surface area (Å²) < 4.78 is 2.02. The third kappa shape index (κ3) is 1.60. The molecule has 90 valence electrons. The number of hydrogen-bond acceptors (Lipinski definition) is 2. The summed E-state index contributed by atoms with van der Waals surface area (Å²) in [5.74, 6) is 0. The predicted octanol–water partition coefficient (Wildman–Crippen LogP) is 2.83. The van der Waals surface area contributed by atoms with E-state index >= 15 is 0 Å². The van der Waals surface area contributed by atoms with Gasteiger partial charge in [0.1, 0.15) is 5.65 Å². The van der Waals surface area contributed by atoms with Gasteiger partial charge in [0.2, 0.25) is 0 Å². The van der Waals surface area contributed by atoms with E-state index in [1.54, 1.807) is 6.20 Å². The minimum atomic E-state index is 0.0306. The van der Waals surface area contributed by atoms with E-state index in [0.29, 0.717) is 0 Å². The van der Waals surface area contributed by atoms with Crippen molar-refractivity contribution in [1.82, 2.24) is 9.55 Å². The van der Waals surface area contributed by atoms with Crippen molar-refractivity contribution in [3.8, 4) is 5.69 Å². The second-order valence-corrected chi connectivity index (χ2v) is 4.34. The Hall–Kier alpha value is -2.13. The molecule has 0 fully saturated rings. The molecule has 2 heterocycles. The topological polar surface area (TPSA) is 38.1 Å². The molecule has 0 bridgehead atoms. The van der Waals surface area contributed by atoms with Crippen LogP contribution in [0.4, 0.5) is 0 Å². The van der Waals surface area contributed by atoms with Gasteiger partial charge < -0.3 is 9.67 Å². The number of rotatable bonds is 2. The number of fused-ring (bicyclic) bond motifs is 1.